The highest BCUT2D eigenvalue weighted by Crippen LogP contribution is 2.43. The van der Waals surface area contributed by atoms with Crippen LogP contribution in [0.5, 0.6) is 5.75 Å². The van der Waals surface area contributed by atoms with Crippen LogP contribution in [-0.4, -0.2) is 12.6 Å². The van der Waals surface area contributed by atoms with E-state index in [1.807, 2.05) is 20.8 Å². The normalized spacial score (nSPS) is 21.5. The van der Waals surface area contributed by atoms with Gasteiger partial charge >= 0.3 is 5.63 Å². The van der Waals surface area contributed by atoms with Crippen molar-refractivity contribution in [3.63, 3.8) is 0 Å². The van der Waals surface area contributed by atoms with Crippen molar-refractivity contribution in [2.45, 2.75) is 32.8 Å². The molecular weight excluding hydrogens is 242 g/mol. The first-order valence-electron chi connectivity index (χ1n) is 6.47. The molecule has 0 saturated carbocycles. The molecule has 3 rings (SSSR count). The maximum atomic E-state index is 11.5. The van der Waals surface area contributed by atoms with Gasteiger partial charge in [0, 0.05) is 35.0 Å². The summed E-state index contributed by atoms with van der Waals surface area (Å²) in [6.45, 7) is 6.41. The molecule has 0 spiro atoms. The van der Waals surface area contributed by atoms with E-state index < -0.39 is 0 Å². The minimum atomic E-state index is -0.325. The van der Waals surface area contributed by atoms with Gasteiger partial charge in [-0.05, 0) is 32.4 Å². The molecule has 0 saturated heterocycles. The van der Waals surface area contributed by atoms with Crippen LogP contribution in [0.4, 0.5) is 0 Å². The maximum absolute atomic E-state index is 11.5. The van der Waals surface area contributed by atoms with Gasteiger partial charge in [0.1, 0.15) is 17.4 Å². The predicted octanol–water partition coefficient (Wildman–Crippen LogP) is 2.23. The summed E-state index contributed by atoms with van der Waals surface area (Å²) in [5.74, 6) is 1.02. The van der Waals surface area contributed by atoms with Crippen LogP contribution in [0, 0.1) is 13.8 Å². The van der Waals surface area contributed by atoms with Crippen molar-refractivity contribution < 1.29 is 9.15 Å². The Balaban J connectivity index is 2.39. The van der Waals surface area contributed by atoms with Crippen molar-refractivity contribution in [2.75, 3.05) is 6.54 Å². The molecule has 1 aliphatic heterocycles. The van der Waals surface area contributed by atoms with Crippen LogP contribution >= 0.6 is 0 Å². The van der Waals surface area contributed by atoms with E-state index in [-0.39, 0.29) is 17.6 Å². The van der Waals surface area contributed by atoms with Gasteiger partial charge in [-0.25, -0.2) is 4.79 Å². The average Bonchev–Trinajstić information content (AvgIpc) is 2.67. The van der Waals surface area contributed by atoms with Crippen LogP contribution in [0.2, 0.25) is 0 Å². The molecule has 2 N–H and O–H groups in total. The Hall–Kier alpha value is -1.81. The first kappa shape index (κ1) is 12.2. The van der Waals surface area contributed by atoms with Crippen LogP contribution in [0.15, 0.2) is 21.3 Å². The SMILES string of the molecule is Cc1cc(=O)oc2c(C)c3c(cc12)C(CN)C(C)O3. The Morgan fingerprint density at radius 2 is 2.05 bits per heavy atom. The molecule has 2 unspecified atom stereocenters. The lowest BCUT2D eigenvalue weighted by molar-refractivity contribution is 0.227. The molecular formula is C15H17NO3. The van der Waals surface area contributed by atoms with Gasteiger partial charge in [-0.2, -0.15) is 0 Å². The standard InChI is InChI=1S/C15H17NO3/c1-7-4-13(17)19-14-8(2)15-11(5-10(7)14)12(6-16)9(3)18-15/h4-5,9,12H,6,16H2,1-3H3. The molecule has 1 aliphatic rings. The molecule has 0 bridgehead atoms. The zero-order chi connectivity index (χ0) is 13.7. The predicted molar refractivity (Wildman–Crippen MR) is 73.8 cm³/mol. The van der Waals surface area contributed by atoms with Crippen molar-refractivity contribution in [2.24, 2.45) is 5.73 Å². The molecule has 2 atom stereocenters. The number of aryl methyl sites for hydroxylation is 2. The largest absolute Gasteiger partial charge is 0.489 e. The third kappa shape index (κ3) is 1.67. The molecule has 1 aromatic heterocycles. The van der Waals surface area contributed by atoms with E-state index in [0.717, 1.165) is 27.8 Å². The fourth-order valence-electron chi connectivity index (χ4n) is 2.89. The van der Waals surface area contributed by atoms with Crippen LogP contribution in [0.25, 0.3) is 11.0 Å². The van der Waals surface area contributed by atoms with Gasteiger partial charge in [0.2, 0.25) is 0 Å². The summed E-state index contributed by atoms with van der Waals surface area (Å²) in [4.78, 5) is 11.5. The van der Waals surface area contributed by atoms with Crippen LogP contribution < -0.4 is 16.1 Å². The second-order valence-electron chi connectivity index (χ2n) is 5.21. The lowest BCUT2D eigenvalue weighted by Gasteiger charge is -2.11. The van der Waals surface area contributed by atoms with Crippen molar-refractivity contribution in [1.29, 1.82) is 0 Å². The summed E-state index contributed by atoms with van der Waals surface area (Å²) in [6.07, 6.45) is 0.0579. The molecule has 0 fully saturated rings. The van der Waals surface area contributed by atoms with Crippen LogP contribution in [0.1, 0.15) is 29.5 Å². The molecule has 0 amide bonds. The number of ether oxygens (including phenoxy) is 1. The molecule has 2 heterocycles. The maximum Gasteiger partial charge on any atom is 0.336 e. The van der Waals surface area contributed by atoms with E-state index in [2.05, 4.69) is 6.07 Å². The topological polar surface area (TPSA) is 65.5 Å². The van der Waals surface area contributed by atoms with E-state index in [4.69, 9.17) is 14.9 Å². The summed E-state index contributed by atoms with van der Waals surface area (Å²) in [7, 11) is 0. The Morgan fingerprint density at radius 1 is 1.32 bits per heavy atom. The highest BCUT2D eigenvalue weighted by molar-refractivity contribution is 5.86. The lowest BCUT2D eigenvalue weighted by Crippen LogP contribution is -2.21. The fourth-order valence-corrected chi connectivity index (χ4v) is 2.89. The van der Waals surface area contributed by atoms with Gasteiger partial charge in [-0.3, -0.25) is 0 Å². The number of fused-ring (bicyclic) bond motifs is 2. The minimum Gasteiger partial charge on any atom is -0.489 e. The summed E-state index contributed by atoms with van der Waals surface area (Å²) in [5.41, 5.74) is 9.07. The Kier molecular flexibility index (Phi) is 2.64. The van der Waals surface area contributed by atoms with E-state index in [9.17, 15) is 4.79 Å². The number of benzene rings is 1. The number of rotatable bonds is 1. The zero-order valence-corrected chi connectivity index (χ0v) is 11.3. The van der Waals surface area contributed by atoms with Crippen molar-refractivity contribution in [1.82, 2.24) is 0 Å². The van der Waals surface area contributed by atoms with Crippen LogP contribution in [0.3, 0.4) is 0 Å². The van der Waals surface area contributed by atoms with Gasteiger partial charge < -0.3 is 14.9 Å². The third-order valence-corrected chi connectivity index (χ3v) is 3.97. The number of nitrogens with two attached hydrogens (primary N) is 1. The number of hydrogen-bond acceptors (Lipinski definition) is 4. The number of hydrogen-bond donors (Lipinski definition) is 1. The van der Waals surface area contributed by atoms with Gasteiger partial charge in [0.05, 0.1) is 0 Å². The van der Waals surface area contributed by atoms with E-state index in [1.54, 1.807) is 0 Å². The van der Waals surface area contributed by atoms with E-state index in [0.29, 0.717) is 12.1 Å². The third-order valence-electron chi connectivity index (χ3n) is 3.97. The Morgan fingerprint density at radius 3 is 2.74 bits per heavy atom. The minimum absolute atomic E-state index is 0.0579. The summed E-state index contributed by atoms with van der Waals surface area (Å²) in [5, 5.41) is 0.965. The molecule has 0 radical (unpaired) electrons. The summed E-state index contributed by atoms with van der Waals surface area (Å²) < 4.78 is 11.2. The van der Waals surface area contributed by atoms with Crippen molar-refractivity contribution in [3.05, 3.63) is 39.2 Å². The van der Waals surface area contributed by atoms with Crippen molar-refractivity contribution in [3.8, 4) is 5.75 Å². The summed E-state index contributed by atoms with van der Waals surface area (Å²) in [6, 6.07) is 3.57. The molecule has 100 valence electrons. The van der Waals surface area contributed by atoms with Gasteiger partial charge in [0.25, 0.3) is 0 Å². The monoisotopic (exact) mass is 259 g/mol. The van der Waals surface area contributed by atoms with E-state index in [1.165, 1.54) is 6.07 Å². The smallest absolute Gasteiger partial charge is 0.336 e. The first-order valence-corrected chi connectivity index (χ1v) is 6.47. The summed E-state index contributed by atoms with van der Waals surface area (Å²) >= 11 is 0. The van der Waals surface area contributed by atoms with E-state index >= 15 is 0 Å². The Bertz CT molecular complexity index is 717. The van der Waals surface area contributed by atoms with Crippen LogP contribution in [-0.2, 0) is 0 Å². The van der Waals surface area contributed by atoms with Gasteiger partial charge in [-0.15, -0.1) is 0 Å². The molecule has 4 heteroatoms. The van der Waals surface area contributed by atoms with Crippen molar-refractivity contribution >= 4 is 11.0 Å². The molecule has 19 heavy (non-hydrogen) atoms. The average molecular weight is 259 g/mol. The highest BCUT2D eigenvalue weighted by atomic mass is 16.5. The molecule has 2 aromatic rings. The van der Waals surface area contributed by atoms with Gasteiger partial charge in [0.15, 0.2) is 0 Å². The zero-order valence-electron chi connectivity index (χ0n) is 11.3. The Labute approximate surface area is 111 Å². The van der Waals surface area contributed by atoms with Gasteiger partial charge in [-0.1, -0.05) is 0 Å². The fraction of sp³-hybridized carbons (Fsp3) is 0.400. The quantitative estimate of drug-likeness (QED) is 0.798. The second kappa shape index (κ2) is 4.10. The second-order valence-corrected chi connectivity index (χ2v) is 5.21. The first-order chi connectivity index (χ1) is 9.02. The highest BCUT2D eigenvalue weighted by Gasteiger charge is 2.32. The molecule has 4 nitrogen and oxygen atoms in total. The molecule has 1 aromatic carbocycles. The molecule has 0 aliphatic carbocycles. The lowest BCUT2D eigenvalue weighted by atomic mass is 9.93.